The number of rotatable bonds is 5. The van der Waals surface area contributed by atoms with Crippen molar-refractivity contribution in [3.63, 3.8) is 0 Å². The smallest absolute Gasteiger partial charge is 0.336 e. The standard InChI is InChI=1S/C20H17ClO4/c1-2-13-7-8-16-15(11-20(23)25-18(16)9-13)12-24-19(22)10-14-5-3-4-6-17(14)21/h3-9,11H,2,10,12H2,1H3. The van der Waals surface area contributed by atoms with E-state index in [2.05, 4.69) is 0 Å². The van der Waals surface area contributed by atoms with Gasteiger partial charge in [-0.05, 0) is 29.7 Å². The first-order valence-corrected chi connectivity index (χ1v) is 8.39. The Morgan fingerprint density at radius 2 is 1.92 bits per heavy atom. The van der Waals surface area contributed by atoms with Gasteiger partial charge in [0.05, 0.1) is 6.42 Å². The Hall–Kier alpha value is -2.59. The second kappa shape index (κ2) is 7.53. The molecule has 3 rings (SSSR count). The zero-order valence-electron chi connectivity index (χ0n) is 13.8. The summed E-state index contributed by atoms with van der Waals surface area (Å²) in [6.45, 7) is 2.04. The lowest BCUT2D eigenvalue weighted by Crippen LogP contribution is -2.10. The third-order valence-corrected chi connectivity index (χ3v) is 4.35. The largest absolute Gasteiger partial charge is 0.461 e. The van der Waals surface area contributed by atoms with Crippen LogP contribution >= 0.6 is 11.6 Å². The highest BCUT2D eigenvalue weighted by atomic mass is 35.5. The van der Waals surface area contributed by atoms with Crippen molar-refractivity contribution in [3.05, 3.63) is 80.7 Å². The van der Waals surface area contributed by atoms with Crippen LogP contribution < -0.4 is 5.63 Å². The van der Waals surface area contributed by atoms with E-state index in [4.69, 9.17) is 20.8 Å². The van der Waals surface area contributed by atoms with Gasteiger partial charge in [-0.15, -0.1) is 0 Å². The van der Waals surface area contributed by atoms with Gasteiger partial charge in [-0.2, -0.15) is 0 Å². The van der Waals surface area contributed by atoms with Gasteiger partial charge in [-0.25, -0.2) is 4.79 Å². The van der Waals surface area contributed by atoms with Crippen LogP contribution in [-0.2, 0) is 29.0 Å². The van der Waals surface area contributed by atoms with Gasteiger partial charge in [0, 0.05) is 22.0 Å². The Bertz CT molecular complexity index is 975. The Morgan fingerprint density at radius 1 is 1.12 bits per heavy atom. The molecule has 0 amide bonds. The highest BCUT2D eigenvalue weighted by Gasteiger charge is 2.11. The molecule has 0 aliphatic rings. The molecule has 3 aromatic rings. The van der Waals surface area contributed by atoms with Crippen molar-refractivity contribution in [1.82, 2.24) is 0 Å². The number of hydrogen-bond donors (Lipinski definition) is 0. The summed E-state index contributed by atoms with van der Waals surface area (Å²) in [7, 11) is 0. The molecular weight excluding hydrogens is 340 g/mol. The van der Waals surface area contributed by atoms with Gasteiger partial charge < -0.3 is 9.15 Å². The van der Waals surface area contributed by atoms with E-state index in [1.54, 1.807) is 18.2 Å². The van der Waals surface area contributed by atoms with Crippen LogP contribution in [0.2, 0.25) is 5.02 Å². The predicted octanol–water partition coefficient (Wildman–Crippen LogP) is 4.29. The van der Waals surface area contributed by atoms with Crippen LogP contribution in [0.1, 0.15) is 23.6 Å². The fourth-order valence-electron chi connectivity index (χ4n) is 2.62. The van der Waals surface area contributed by atoms with Crippen molar-refractivity contribution in [2.45, 2.75) is 26.4 Å². The third kappa shape index (κ3) is 4.09. The molecular formula is C20H17ClO4. The SMILES string of the molecule is CCc1ccc2c(COC(=O)Cc3ccccc3Cl)cc(=O)oc2c1. The fourth-order valence-corrected chi connectivity index (χ4v) is 2.82. The molecule has 1 aromatic heterocycles. The van der Waals surface area contributed by atoms with Crippen molar-refractivity contribution in [3.8, 4) is 0 Å². The van der Waals surface area contributed by atoms with Crippen LogP contribution in [-0.4, -0.2) is 5.97 Å². The molecule has 4 nitrogen and oxygen atoms in total. The molecule has 0 saturated heterocycles. The Kier molecular flexibility index (Phi) is 5.19. The number of hydrogen-bond acceptors (Lipinski definition) is 4. The lowest BCUT2D eigenvalue weighted by atomic mass is 10.1. The second-order valence-corrected chi connectivity index (χ2v) is 6.11. The summed E-state index contributed by atoms with van der Waals surface area (Å²) in [4.78, 5) is 23.8. The molecule has 0 atom stereocenters. The number of carbonyl (C=O) groups excluding carboxylic acids is 1. The average Bonchev–Trinajstić information content (AvgIpc) is 2.61. The van der Waals surface area contributed by atoms with E-state index in [1.165, 1.54) is 6.07 Å². The van der Waals surface area contributed by atoms with Crippen LogP contribution in [0, 0.1) is 0 Å². The van der Waals surface area contributed by atoms with Gasteiger partial charge in [-0.1, -0.05) is 48.9 Å². The van der Waals surface area contributed by atoms with E-state index < -0.39 is 11.6 Å². The molecule has 0 spiro atoms. The lowest BCUT2D eigenvalue weighted by Gasteiger charge is -2.09. The maximum atomic E-state index is 12.1. The van der Waals surface area contributed by atoms with Gasteiger partial charge in [-0.3, -0.25) is 4.79 Å². The number of carbonyl (C=O) groups is 1. The Labute approximate surface area is 150 Å². The topological polar surface area (TPSA) is 56.5 Å². The summed E-state index contributed by atoms with van der Waals surface area (Å²) in [5.74, 6) is -0.403. The lowest BCUT2D eigenvalue weighted by molar-refractivity contribution is -0.144. The first kappa shape index (κ1) is 17.2. The first-order valence-electron chi connectivity index (χ1n) is 8.01. The van der Waals surface area contributed by atoms with Crippen LogP contribution in [0.3, 0.4) is 0 Å². The van der Waals surface area contributed by atoms with Crippen LogP contribution in [0.15, 0.2) is 57.7 Å². The molecule has 5 heteroatoms. The number of ether oxygens (including phenoxy) is 1. The minimum Gasteiger partial charge on any atom is -0.461 e. The predicted molar refractivity (Wildman–Crippen MR) is 96.8 cm³/mol. The zero-order valence-corrected chi connectivity index (χ0v) is 14.5. The van der Waals surface area contributed by atoms with Crippen molar-refractivity contribution in [2.24, 2.45) is 0 Å². The number of esters is 1. The number of fused-ring (bicyclic) bond motifs is 1. The zero-order chi connectivity index (χ0) is 17.8. The molecule has 0 unspecified atom stereocenters. The van der Waals surface area contributed by atoms with Gasteiger partial charge in [0.25, 0.3) is 0 Å². The molecule has 2 aromatic carbocycles. The van der Waals surface area contributed by atoms with Crippen molar-refractivity contribution in [2.75, 3.05) is 0 Å². The number of benzene rings is 2. The highest BCUT2D eigenvalue weighted by molar-refractivity contribution is 6.31. The summed E-state index contributed by atoms with van der Waals surface area (Å²) in [5, 5.41) is 1.29. The molecule has 0 saturated carbocycles. The van der Waals surface area contributed by atoms with Crippen LogP contribution in [0.25, 0.3) is 11.0 Å². The quantitative estimate of drug-likeness (QED) is 0.505. The van der Waals surface area contributed by atoms with E-state index in [0.717, 1.165) is 17.4 Å². The van der Waals surface area contributed by atoms with E-state index in [-0.39, 0.29) is 13.0 Å². The van der Waals surface area contributed by atoms with Crippen molar-refractivity contribution in [1.29, 1.82) is 0 Å². The summed E-state index contributed by atoms with van der Waals surface area (Å²) in [5.41, 5.74) is 2.45. The Morgan fingerprint density at radius 3 is 2.68 bits per heavy atom. The van der Waals surface area contributed by atoms with Crippen molar-refractivity contribution < 1.29 is 13.9 Å². The minimum absolute atomic E-state index is 0.0108. The average molecular weight is 357 g/mol. The third-order valence-electron chi connectivity index (χ3n) is 3.98. The normalized spacial score (nSPS) is 10.8. The van der Waals surface area contributed by atoms with E-state index >= 15 is 0 Å². The van der Waals surface area contributed by atoms with Crippen molar-refractivity contribution >= 4 is 28.5 Å². The second-order valence-electron chi connectivity index (χ2n) is 5.70. The Balaban J connectivity index is 1.78. The number of aryl methyl sites for hydroxylation is 1. The van der Waals surface area contributed by atoms with Crippen LogP contribution in [0.5, 0.6) is 0 Å². The molecule has 0 N–H and O–H groups in total. The molecule has 0 aliphatic heterocycles. The summed E-state index contributed by atoms with van der Waals surface area (Å²) in [6.07, 6.45) is 0.926. The molecule has 128 valence electrons. The van der Waals surface area contributed by atoms with E-state index in [1.807, 2.05) is 31.2 Å². The maximum Gasteiger partial charge on any atom is 0.336 e. The minimum atomic E-state index is -0.460. The summed E-state index contributed by atoms with van der Waals surface area (Å²) < 4.78 is 10.6. The van der Waals surface area contributed by atoms with E-state index in [9.17, 15) is 9.59 Å². The molecule has 0 fully saturated rings. The monoisotopic (exact) mass is 356 g/mol. The van der Waals surface area contributed by atoms with Gasteiger partial charge in [0.2, 0.25) is 0 Å². The molecule has 0 radical (unpaired) electrons. The summed E-state index contributed by atoms with van der Waals surface area (Å²) >= 11 is 6.05. The molecule has 0 aliphatic carbocycles. The fraction of sp³-hybridized carbons (Fsp3) is 0.200. The first-order chi connectivity index (χ1) is 12.1. The van der Waals surface area contributed by atoms with Crippen LogP contribution in [0.4, 0.5) is 0 Å². The van der Waals surface area contributed by atoms with Gasteiger partial charge >= 0.3 is 11.6 Å². The van der Waals surface area contributed by atoms with Gasteiger partial charge in [0.1, 0.15) is 12.2 Å². The van der Waals surface area contributed by atoms with E-state index in [0.29, 0.717) is 21.7 Å². The number of halogens is 1. The van der Waals surface area contributed by atoms with Gasteiger partial charge in [0.15, 0.2) is 0 Å². The highest BCUT2D eigenvalue weighted by Crippen LogP contribution is 2.20. The summed E-state index contributed by atoms with van der Waals surface area (Å²) in [6, 6.07) is 14.2. The maximum absolute atomic E-state index is 12.1. The molecule has 25 heavy (non-hydrogen) atoms. The molecule has 0 bridgehead atoms. The molecule has 1 heterocycles.